The summed E-state index contributed by atoms with van der Waals surface area (Å²) in [6.07, 6.45) is -2.17. The first-order chi connectivity index (χ1) is 35.1. The summed E-state index contributed by atoms with van der Waals surface area (Å²) in [5.41, 5.74) is -0.337. The fourth-order valence-electron chi connectivity index (χ4n) is 7.71. The zero-order valence-corrected chi connectivity index (χ0v) is 44.7. The standard InChI is InChI=1S/C27H31N3O7S.C26H31N3O6S/c1-17(31)37-23-24(18-10-12-19(36-5)13-11-18)38-22-9-7-6-8-20(22)30(26(23)34)15-14-29(4)16-21(32)25(33)27(2,3)28-35;1-26(2,27-33)24(31)20(30)16-35-22-23(17-10-12-18(34-5)13-11-17)36-21-9-7-6-8-19(21)29(25(22)32)15-14-28(3)4/h6-13,23-24H,14-16H2,1-5H3;6-13,22-23H,14-16H2,1-5H3/t23?,24-;22?,23-/m00/s1. The maximum absolute atomic E-state index is 13.9. The van der Waals surface area contributed by atoms with Gasteiger partial charge in [0.2, 0.25) is 23.1 Å². The number of benzene rings is 4. The van der Waals surface area contributed by atoms with Crippen molar-refractivity contribution in [3.05, 3.63) is 118 Å². The van der Waals surface area contributed by atoms with Crippen LogP contribution in [0.4, 0.5) is 11.4 Å². The number of anilines is 2. The third kappa shape index (κ3) is 14.6. The van der Waals surface area contributed by atoms with Crippen LogP contribution in [0.25, 0.3) is 0 Å². The van der Waals surface area contributed by atoms with Gasteiger partial charge in [0.25, 0.3) is 11.8 Å². The van der Waals surface area contributed by atoms with Crippen molar-refractivity contribution >= 4 is 75.8 Å². The van der Waals surface area contributed by atoms with Gasteiger partial charge in [-0.25, -0.2) is 0 Å². The normalized spacial score (nSPS) is 17.7. The van der Waals surface area contributed by atoms with Gasteiger partial charge < -0.3 is 33.6 Å². The monoisotopic (exact) mass is 1050 g/mol. The van der Waals surface area contributed by atoms with E-state index in [1.807, 2.05) is 91.8 Å². The number of amides is 2. The summed E-state index contributed by atoms with van der Waals surface area (Å²) in [6, 6.07) is 29.5. The molecule has 6 rings (SSSR count). The zero-order valence-electron chi connectivity index (χ0n) is 43.1. The Morgan fingerprint density at radius 1 is 0.608 bits per heavy atom. The summed E-state index contributed by atoms with van der Waals surface area (Å²) in [4.78, 5) is 120. The minimum atomic E-state index is -1.70. The number of esters is 1. The molecule has 0 aromatic heterocycles. The highest BCUT2D eigenvalue weighted by atomic mass is 32.2. The van der Waals surface area contributed by atoms with Crippen molar-refractivity contribution in [2.24, 2.45) is 10.4 Å². The van der Waals surface area contributed by atoms with E-state index in [0.29, 0.717) is 30.3 Å². The third-order valence-corrected chi connectivity index (χ3v) is 14.7. The van der Waals surface area contributed by atoms with E-state index < -0.39 is 75.4 Å². The highest BCUT2D eigenvalue weighted by Crippen LogP contribution is 2.48. The molecule has 2 heterocycles. The van der Waals surface area contributed by atoms with Crippen LogP contribution in [0.1, 0.15) is 56.2 Å². The topological polar surface area (TPSA) is 228 Å². The Bertz CT molecular complexity index is 2700. The number of Topliss-reactive ketones (excluding diaryl/α,β-unsaturated/α-hetero) is 4. The van der Waals surface area contributed by atoms with E-state index in [4.69, 9.17) is 18.9 Å². The Morgan fingerprint density at radius 3 is 1.46 bits per heavy atom. The lowest BCUT2D eigenvalue weighted by Crippen LogP contribution is -2.46. The molecular weight excluding hydrogens is 993 g/mol. The molecule has 0 radical (unpaired) electrons. The smallest absolute Gasteiger partial charge is 0.303 e. The van der Waals surface area contributed by atoms with Gasteiger partial charge in [-0.2, -0.15) is 0 Å². The molecule has 0 aliphatic carbocycles. The second kappa shape index (κ2) is 26.0. The highest BCUT2D eigenvalue weighted by molar-refractivity contribution is 8.00. The predicted molar refractivity (Wildman–Crippen MR) is 282 cm³/mol. The molecule has 0 saturated carbocycles. The Labute approximate surface area is 438 Å². The summed E-state index contributed by atoms with van der Waals surface area (Å²) in [5.74, 6) is -3.46. The first kappa shape index (κ1) is 58.2. The Morgan fingerprint density at radius 2 is 1.03 bits per heavy atom. The number of nitrogens with zero attached hydrogens (tertiary/aromatic N) is 6. The van der Waals surface area contributed by atoms with E-state index in [2.05, 4.69) is 10.4 Å². The number of carbonyl (C=O) groups is 7. The molecule has 0 spiro atoms. The second-order valence-electron chi connectivity index (χ2n) is 18.6. The number of ether oxygens (including phenoxy) is 4. The lowest BCUT2D eigenvalue weighted by atomic mass is 9.97. The highest BCUT2D eigenvalue weighted by Gasteiger charge is 2.43. The third-order valence-electron chi connectivity index (χ3n) is 11.9. The van der Waals surface area contributed by atoms with E-state index in [9.17, 15) is 43.4 Å². The van der Waals surface area contributed by atoms with Gasteiger partial charge in [-0.15, -0.1) is 33.3 Å². The number of hydrogen-bond donors (Lipinski definition) is 0. The summed E-state index contributed by atoms with van der Waals surface area (Å²) < 4.78 is 22.0. The lowest BCUT2D eigenvalue weighted by molar-refractivity contribution is -0.152. The van der Waals surface area contributed by atoms with Crippen molar-refractivity contribution in [3.63, 3.8) is 0 Å². The predicted octanol–water partition coefficient (Wildman–Crippen LogP) is 6.93. The SMILES string of the molecule is COc1ccc([C@@H]2Sc3ccccc3N(CCN(C)C)C(=O)C2OCC(=O)C(=O)C(C)(C)N=O)cc1.COc1ccc([C@@H]2Sc3ccccc3N(CCN(C)CC(=O)C(=O)C(C)(C)N=O)C(=O)C2OC(C)=O)cc1. The van der Waals surface area contributed by atoms with Gasteiger partial charge in [0.05, 0.1) is 42.6 Å². The molecule has 0 N–H and O–H groups in total. The lowest BCUT2D eigenvalue weighted by Gasteiger charge is -2.29. The van der Waals surface area contributed by atoms with Gasteiger partial charge in [0.15, 0.2) is 23.3 Å². The maximum Gasteiger partial charge on any atom is 0.303 e. The number of nitroso groups, excluding NO2 is 2. The molecular formula is C53H62N6O13S2. The largest absolute Gasteiger partial charge is 0.497 e. The molecule has 4 aromatic rings. The number of ketones is 4. The van der Waals surface area contributed by atoms with Crippen molar-refractivity contribution < 1.29 is 52.5 Å². The van der Waals surface area contributed by atoms with Crippen LogP contribution in [0.2, 0.25) is 0 Å². The molecule has 0 bridgehead atoms. The van der Waals surface area contributed by atoms with Gasteiger partial charge in [-0.05, 0) is 108 Å². The number of methoxy groups -OCH3 is 2. The van der Waals surface area contributed by atoms with E-state index in [1.165, 1.54) is 58.1 Å². The number of carbonyl (C=O) groups excluding carboxylic acids is 7. The Balaban J connectivity index is 0.000000274. The van der Waals surface area contributed by atoms with Crippen molar-refractivity contribution in [1.29, 1.82) is 0 Å². The fraction of sp³-hybridized carbons (Fsp3) is 0.415. The molecule has 74 heavy (non-hydrogen) atoms. The Hall–Kier alpha value is -6.65. The summed E-state index contributed by atoms with van der Waals surface area (Å²) in [6.45, 7) is 6.93. The molecule has 4 aromatic carbocycles. The van der Waals surface area contributed by atoms with Crippen LogP contribution in [0.3, 0.4) is 0 Å². The average molecular weight is 1060 g/mol. The summed E-state index contributed by atoms with van der Waals surface area (Å²) >= 11 is 2.88. The van der Waals surface area contributed by atoms with Crippen LogP contribution in [0.5, 0.6) is 11.5 Å². The van der Waals surface area contributed by atoms with E-state index in [0.717, 1.165) is 26.6 Å². The molecule has 2 aliphatic rings. The molecule has 2 amide bonds. The molecule has 4 atom stereocenters. The van der Waals surface area contributed by atoms with Gasteiger partial charge in [-0.3, -0.25) is 38.5 Å². The van der Waals surface area contributed by atoms with Crippen molar-refractivity contribution in [1.82, 2.24) is 9.80 Å². The van der Waals surface area contributed by atoms with Gasteiger partial charge in [0, 0.05) is 42.9 Å². The molecule has 394 valence electrons. The van der Waals surface area contributed by atoms with Crippen LogP contribution in [-0.4, -0.2) is 149 Å². The van der Waals surface area contributed by atoms with Crippen LogP contribution in [-0.2, 0) is 43.0 Å². The van der Waals surface area contributed by atoms with Gasteiger partial charge in [-0.1, -0.05) is 58.9 Å². The van der Waals surface area contributed by atoms with Gasteiger partial charge in [0.1, 0.15) is 18.1 Å². The number of likely N-dealkylation sites (N-methyl/N-ethyl adjacent to an activating group) is 2. The molecule has 19 nitrogen and oxygen atoms in total. The van der Waals surface area contributed by atoms with Crippen LogP contribution < -0.4 is 19.3 Å². The van der Waals surface area contributed by atoms with Crippen LogP contribution in [0.15, 0.2) is 117 Å². The quantitative estimate of drug-likeness (QED) is 0.0442. The molecule has 21 heteroatoms. The Kier molecular flexibility index (Phi) is 20.5. The molecule has 2 aliphatic heterocycles. The first-order valence-electron chi connectivity index (χ1n) is 23.5. The zero-order chi connectivity index (χ0) is 54.5. The molecule has 0 fully saturated rings. The van der Waals surface area contributed by atoms with Crippen LogP contribution >= 0.6 is 23.5 Å². The van der Waals surface area contributed by atoms with Gasteiger partial charge >= 0.3 is 5.97 Å². The average Bonchev–Trinajstić information content (AvgIpc) is 3.58. The maximum atomic E-state index is 13.9. The number of hydrogen-bond acceptors (Lipinski definition) is 19. The summed E-state index contributed by atoms with van der Waals surface area (Å²) in [5, 5.41) is 4.48. The number of rotatable bonds is 22. The summed E-state index contributed by atoms with van der Waals surface area (Å²) in [7, 11) is 8.62. The van der Waals surface area contributed by atoms with E-state index >= 15 is 0 Å². The van der Waals surface area contributed by atoms with E-state index in [1.54, 1.807) is 60.2 Å². The minimum absolute atomic E-state index is 0.163. The number of fused-ring (bicyclic) bond motifs is 2. The minimum Gasteiger partial charge on any atom is -0.497 e. The van der Waals surface area contributed by atoms with Crippen molar-refractivity contribution in [2.45, 2.75) is 78.2 Å². The fourth-order valence-corrected chi connectivity index (χ4v) is 10.4. The van der Waals surface area contributed by atoms with Crippen LogP contribution in [0, 0.1) is 9.81 Å². The van der Waals surface area contributed by atoms with Crippen molar-refractivity contribution in [3.8, 4) is 11.5 Å². The van der Waals surface area contributed by atoms with E-state index in [-0.39, 0.29) is 25.5 Å². The second-order valence-corrected chi connectivity index (χ2v) is 21.0. The first-order valence-corrected chi connectivity index (χ1v) is 25.2. The number of thioether (sulfide) groups is 2. The van der Waals surface area contributed by atoms with Crippen molar-refractivity contribution in [2.75, 3.05) is 84.5 Å². The molecule has 2 unspecified atom stereocenters. The number of para-hydroxylation sites is 2. The molecule has 0 saturated heterocycles.